The van der Waals surface area contributed by atoms with Crippen LogP contribution in [0.5, 0.6) is 0 Å². The van der Waals surface area contributed by atoms with Crippen molar-refractivity contribution in [2.24, 2.45) is 0 Å². The van der Waals surface area contributed by atoms with Gasteiger partial charge >= 0.3 is 0 Å². The Morgan fingerprint density at radius 3 is 2.74 bits per heavy atom. The average Bonchev–Trinajstić information content (AvgIpc) is 3.34. The fourth-order valence-electron chi connectivity index (χ4n) is 2.72. The van der Waals surface area contributed by atoms with E-state index < -0.39 is 0 Å². The molecule has 0 bridgehead atoms. The molecule has 0 aliphatic rings. The molecule has 0 unspecified atom stereocenters. The van der Waals surface area contributed by atoms with E-state index in [0.717, 1.165) is 11.3 Å². The van der Waals surface area contributed by atoms with E-state index in [9.17, 15) is 9.18 Å². The fraction of sp³-hybridized carbons (Fsp3) is 0.0526. The van der Waals surface area contributed by atoms with E-state index >= 15 is 0 Å². The SMILES string of the molecule is Cc1cc(NC(=O)c2ccc(-c3ccccc3F)s2)ccc1-n1cnnn1. The Hall–Kier alpha value is -3.39. The maximum Gasteiger partial charge on any atom is 0.265 e. The number of rotatable bonds is 4. The summed E-state index contributed by atoms with van der Waals surface area (Å²) < 4.78 is 15.5. The first kappa shape index (κ1) is 17.0. The third kappa shape index (κ3) is 3.47. The van der Waals surface area contributed by atoms with Crippen LogP contribution in [0.4, 0.5) is 10.1 Å². The fourth-order valence-corrected chi connectivity index (χ4v) is 3.65. The number of halogens is 1. The van der Waals surface area contributed by atoms with Gasteiger partial charge in [-0.15, -0.1) is 16.4 Å². The highest BCUT2D eigenvalue weighted by Gasteiger charge is 2.13. The van der Waals surface area contributed by atoms with Crippen molar-refractivity contribution < 1.29 is 9.18 Å². The quantitative estimate of drug-likeness (QED) is 0.580. The molecule has 4 aromatic rings. The Balaban J connectivity index is 1.53. The van der Waals surface area contributed by atoms with Gasteiger partial charge in [0.25, 0.3) is 5.91 Å². The highest BCUT2D eigenvalue weighted by atomic mass is 32.1. The van der Waals surface area contributed by atoms with Gasteiger partial charge in [0.1, 0.15) is 12.1 Å². The lowest BCUT2D eigenvalue weighted by Gasteiger charge is -2.08. The van der Waals surface area contributed by atoms with Crippen molar-refractivity contribution in [3.05, 3.63) is 77.2 Å². The van der Waals surface area contributed by atoms with Gasteiger partial charge in [0, 0.05) is 16.1 Å². The molecule has 0 aliphatic carbocycles. The van der Waals surface area contributed by atoms with Gasteiger partial charge in [-0.2, -0.15) is 0 Å². The first-order valence-corrected chi connectivity index (χ1v) is 8.93. The highest BCUT2D eigenvalue weighted by Crippen LogP contribution is 2.30. The van der Waals surface area contributed by atoms with E-state index in [4.69, 9.17) is 0 Å². The van der Waals surface area contributed by atoms with Crippen molar-refractivity contribution in [1.29, 1.82) is 0 Å². The number of aryl methyl sites for hydroxylation is 1. The predicted octanol–water partition coefficient (Wildman–Crippen LogP) is 4.09. The number of hydrogen-bond acceptors (Lipinski definition) is 5. The summed E-state index contributed by atoms with van der Waals surface area (Å²) in [6.45, 7) is 1.91. The normalized spacial score (nSPS) is 10.7. The summed E-state index contributed by atoms with van der Waals surface area (Å²) in [5.41, 5.74) is 2.90. The minimum atomic E-state index is -0.305. The summed E-state index contributed by atoms with van der Waals surface area (Å²) in [4.78, 5) is 13.8. The second-order valence-corrected chi connectivity index (χ2v) is 6.94. The van der Waals surface area contributed by atoms with Gasteiger partial charge in [-0.05, 0) is 59.3 Å². The van der Waals surface area contributed by atoms with Crippen molar-refractivity contribution in [3.63, 3.8) is 0 Å². The van der Waals surface area contributed by atoms with Gasteiger partial charge in [-0.3, -0.25) is 4.79 Å². The molecule has 0 radical (unpaired) electrons. The van der Waals surface area contributed by atoms with Gasteiger partial charge in [0.2, 0.25) is 0 Å². The van der Waals surface area contributed by atoms with Crippen LogP contribution in [0.2, 0.25) is 0 Å². The van der Waals surface area contributed by atoms with E-state index in [1.165, 1.54) is 23.7 Å². The Morgan fingerprint density at radius 2 is 2.00 bits per heavy atom. The average molecular weight is 379 g/mol. The highest BCUT2D eigenvalue weighted by molar-refractivity contribution is 7.17. The first-order valence-electron chi connectivity index (χ1n) is 8.12. The van der Waals surface area contributed by atoms with E-state index in [1.807, 2.05) is 19.1 Å². The number of nitrogens with zero attached hydrogens (tertiary/aromatic N) is 4. The maximum absolute atomic E-state index is 13.9. The molecule has 1 N–H and O–H groups in total. The molecule has 0 spiro atoms. The molecule has 2 aromatic carbocycles. The van der Waals surface area contributed by atoms with E-state index in [-0.39, 0.29) is 11.7 Å². The number of benzene rings is 2. The molecule has 27 heavy (non-hydrogen) atoms. The van der Waals surface area contributed by atoms with Gasteiger partial charge < -0.3 is 5.32 Å². The van der Waals surface area contributed by atoms with Crippen molar-refractivity contribution >= 4 is 22.9 Å². The topological polar surface area (TPSA) is 72.7 Å². The Labute approximate surface area is 158 Å². The predicted molar refractivity (Wildman–Crippen MR) is 102 cm³/mol. The number of thiophene rings is 1. The first-order chi connectivity index (χ1) is 13.1. The number of carbonyl (C=O) groups is 1. The molecule has 2 aromatic heterocycles. The number of nitrogens with one attached hydrogen (secondary N) is 1. The summed E-state index contributed by atoms with van der Waals surface area (Å²) in [6, 6.07) is 15.4. The van der Waals surface area contributed by atoms with Crippen LogP contribution in [-0.2, 0) is 0 Å². The van der Waals surface area contributed by atoms with Crippen LogP contribution in [0.25, 0.3) is 16.1 Å². The smallest absolute Gasteiger partial charge is 0.265 e. The molecule has 0 saturated heterocycles. The second-order valence-electron chi connectivity index (χ2n) is 5.85. The van der Waals surface area contributed by atoms with E-state index in [0.29, 0.717) is 21.0 Å². The van der Waals surface area contributed by atoms with Crippen molar-refractivity contribution in [1.82, 2.24) is 20.2 Å². The van der Waals surface area contributed by atoms with Crippen molar-refractivity contribution in [3.8, 4) is 16.1 Å². The van der Waals surface area contributed by atoms with Crippen LogP contribution in [0.1, 0.15) is 15.2 Å². The minimum Gasteiger partial charge on any atom is -0.321 e. The van der Waals surface area contributed by atoms with Gasteiger partial charge in [-0.25, -0.2) is 9.07 Å². The van der Waals surface area contributed by atoms with Gasteiger partial charge in [-0.1, -0.05) is 18.2 Å². The Morgan fingerprint density at radius 1 is 1.15 bits per heavy atom. The monoisotopic (exact) mass is 379 g/mol. The number of amides is 1. The van der Waals surface area contributed by atoms with Crippen LogP contribution >= 0.6 is 11.3 Å². The molecule has 0 aliphatic heterocycles. The van der Waals surface area contributed by atoms with Crippen LogP contribution < -0.4 is 5.32 Å². The maximum atomic E-state index is 13.9. The number of tetrazole rings is 1. The zero-order valence-electron chi connectivity index (χ0n) is 14.3. The number of anilines is 1. The number of aromatic nitrogens is 4. The summed E-state index contributed by atoms with van der Waals surface area (Å²) in [6.07, 6.45) is 1.51. The van der Waals surface area contributed by atoms with Crippen molar-refractivity contribution in [2.45, 2.75) is 6.92 Å². The molecule has 2 heterocycles. The van der Waals surface area contributed by atoms with Crippen LogP contribution in [0, 0.1) is 12.7 Å². The summed E-state index contributed by atoms with van der Waals surface area (Å²) in [5.74, 6) is -0.544. The zero-order chi connectivity index (χ0) is 18.8. The zero-order valence-corrected chi connectivity index (χ0v) is 15.1. The minimum absolute atomic E-state index is 0.239. The largest absolute Gasteiger partial charge is 0.321 e. The Bertz CT molecular complexity index is 1110. The summed E-state index contributed by atoms with van der Waals surface area (Å²) in [5, 5.41) is 14.0. The molecule has 0 atom stereocenters. The molecule has 4 rings (SSSR count). The standard InChI is InChI=1S/C19H14FN5OS/c1-12-10-13(6-7-16(12)25-11-21-23-24-25)22-19(26)18-9-8-17(27-18)14-4-2-3-5-15(14)20/h2-11H,1H3,(H,22,26). The summed E-state index contributed by atoms with van der Waals surface area (Å²) >= 11 is 1.25. The van der Waals surface area contributed by atoms with Crippen LogP contribution in [0.15, 0.2) is 60.9 Å². The molecule has 0 saturated carbocycles. The lowest BCUT2D eigenvalue weighted by molar-refractivity contribution is 0.103. The molecule has 6 nitrogen and oxygen atoms in total. The lowest BCUT2D eigenvalue weighted by atomic mass is 10.1. The van der Waals surface area contributed by atoms with Gasteiger partial charge in [0.15, 0.2) is 0 Å². The molecule has 134 valence electrons. The van der Waals surface area contributed by atoms with E-state index in [2.05, 4.69) is 20.8 Å². The third-order valence-corrected chi connectivity index (χ3v) is 5.14. The molecule has 0 fully saturated rings. The van der Waals surface area contributed by atoms with E-state index in [1.54, 1.807) is 41.1 Å². The van der Waals surface area contributed by atoms with Gasteiger partial charge in [0.05, 0.1) is 10.6 Å². The van der Waals surface area contributed by atoms with Crippen LogP contribution in [0.3, 0.4) is 0 Å². The number of hydrogen-bond donors (Lipinski definition) is 1. The third-order valence-electron chi connectivity index (χ3n) is 4.02. The molecular formula is C19H14FN5OS. The summed E-state index contributed by atoms with van der Waals surface area (Å²) in [7, 11) is 0. The Kier molecular flexibility index (Phi) is 4.47. The molecule has 8 heteroatoms. The molecule has 1 amide bonds. The lowest BCUT2D eigenvalue weighted by Crippen LogP contribution is -2.10. The van der Waals surface area contributed by atoms with Crippen molar-refractivity contribution in [2.75, 3.05) is 5.32 Å². The second kappa shape index (κ2) is 7.08. The van der Waals surface area contributed by atoms with Crippen LogP contribution in [-0.4, -0.2) is 26.1 Å². The molecular weight excluding hydrogens is 365 g/mol. The number of carbonyl (C=O) groups excluding carboxylic acids is 1.